The number of aromatic nitrogens is 2. The molecule has 4 nitrogen and oxygen atoms in total. The average molecular weight is 314 g/mol. The van der Waals surface area contributed by atoms with Crippen molar-refractivity contribution >= 4 is 21.8 Å². The van der Waals surface area contributed by atoms with Crippen LogP contribution < -0.4 is 5.32 Å². The van der Waals surface area contributed by atoms with E-state index in [2.05, 4.69) is 26.3 Å². The fourth-order valence-electron chi connectivity index (χ4n) is 2.52. The lowest BCUT2D eigenvalue weighted by Gasteiger charge is -2.25. The molecule has 1 aliphatic rings. The molecule has 1 amide bonds. The Morgan fingerprint density at radius 2 is 2.28 bits per heavy atom. The maximum Gasteiger partial charge on any atom is 0.245 e. The minimum atomic E-state index is -0.196. The van der Waals surface area contributed by atoms with Crippen molar-refractivity contribution in [3.05, 3.63) is 16.9 Å². The zero-order valence-electron chi connectivity index (χ0n) is 10.7. The second-order valence-electron chi connectivity index (χ2n) is 4.91. The molecule has 1 fully saturated rings. The second-order valence-corrected chi connectivity index (χ2v) is 5.82. The fraction of sp³-hybridized carbons (Fsp3) is 0.692. The molecule has 100 valence electrons. The van der Waals surface area contributed by atoms with Crippen LogP contribution >= 0.6 is 15.9 Å². The molecular formula is C13H20BrN3O. The van der Waals surface area contributed by atoms with Gasteiger partial charge in [0.1, 0.15) is 6.04 Å². The SMILES string of the molecule is CCC(C(=O)NC1CCCCC1)n1cc(Br)cn1. The molecule has 0 aromatic carbocycles. The standard InChI is InChI=1S/C13H20BrN3O/c1-2-12(17-9-10(14)8-15-17)13(18)16-11-6-4-3-5-7-11/h8-9,11-12H,2-7H2,1H3,(H,16,18). The summed E-state index contributed by atoms with van der Waals surface area (Å²) in [6, 6.07) is 0.164. The predicted molar refractivity (Wildman–Crippen MR) is 74.3 cm³/mol. The van der Waals surface area contributed by atoms with Gasteiger partial charge in [-0.05, 0) is 35.2 Å². The lowest BCUT2D eigenvalue weighted by Crippen LogP contribution is -2.40. The van der Waals surface area contributed by atoms with E-state index < -0.39 is 0 Å². The summed E-state index contributed by atoms with van der Waals surface area (Å²) in [5.74, 6) is 0.0972. The highest BCUT2D eigenvalue weighted by molar-refractivity contribution is 9.10. The molecule has 0 spiro atoms. The Kier molecular flexibility index (Phi) is 4.80. The van der Waals surface area contributed by atoms with Crippen molar-refractivity contribution in [2.75, 3.05) is 0 Å². The van der Waals surface area contributed by atoms with Crippen LogP contribution in [0.5, 0.6) is 0 Å². The van der Waals surface area contributed by atoms with Crippen molar-refractivity contribution in [3.8, 4) is 0 Å². The van der Waals surface area contributed by atoms with Gasteiger partial charge in [0.15, 0.2) is 0 Å². The zero-order valence-corrected chi connectivity index (χ0v) is 12.3. The Balaban J connectivity index is 1.96. The lowest BCUT2D eigenvalue weighted by atomic mass is 9.95. The van der Waals surface area contributed by atoms with Crippen LogP contribution in [0.1, 0.15) is 51.5 Å². The van der Waals surface area contributed by atoms with Gasteiger partial charge < -0.3 is 5.32 Å². The summed E-state index contributed by atoms with van der Waals surface area (Å²) in [5, 5.41) is 7.37. The summed E-state index contributed by atoms with van der Waals surface area (Å²) in [6.07, 6.45) is 10.3. The molecule has 18 heavy (non-hydrogen) atoms. The van der Waals surface area contributed by atoms with Crippen LogP contribution in [0.15, 0.2) is 16.9 Å². The quantitative estimate of drug-likeness (QED) is 0.928. The van der Waals surface area contributed by atoms with Crippen molar-refractivity contribution < 1.29 is 4.79 Å². The van der Waals surface area contributed by atoms with Gasteiger partial charge in [0.25, 0.3) is 0 Å². The van der Waals surface area contributed by atoms with Gasteiger partial charge in [-0.1, -0.05) is 26.2 Å². The maximum atomic E-state index is 12.3. The first-order valence-electron chi connectivity index (χ1n) is 6.70. The van der Waals surface area contributed by atoms with Gasteiger partial charge >= 0.3 is 0 Å². The molecule has 1 aromatic heterocycles. The number of amides is 1. The summed E-state index contributed by atoms with van der Waals surface area (Å²) in [5.41, 5.74) is 0. The summed E-state index contributed by atoms with van der Waals surface area (Å²) in [6.45, 7) is 2.01. The molecule has 1 heterocycles. The molecule has 0 bridgehead atoms. The number of carbonyl (C=O) groups is 1. The highest BCUT2D eigenvalue weighted by atomic mass is 79.9. The van der Waals surface area contributed by atoms with E-state index in [1.807, 2.05) is 13.1 Å². The van der Waals surface area contributed by atoms with Gasteiger partial charge in [-0.3, -0.25) is 9.48 Å². The van der Waals surface area contributed by atoms with Crippen molar-refractivity contribution in [2.24, 2.45) is 0 Å². The minimum absolute atomic E-state index is 0.0972. The van der Waals surface area contributed by atoms with E-state index in [0.29, 0.717) is 6.04 Å². The van der Waals surface area contributed by atoms with Gasteiger partial charge in [0.2, 0.25) is 5.91 Å². The number of nitrogens with one attached hydrogen (secondary N) is 1. The van der Waals surface area contributed by atoms with Gasteiger partial charge in [-0.15, -0.1) is 0 Å². The number of hydrogen-bond acceptors (Lipinski definition) is 2. The van der Waals surface area contributed by atoms with E-state index in [0.717, 1.165) is 23.7 Å². The van der Waals surface area contributed by atoms with Gasteiger partial charge in [0, 0.05) is 12.2 Å². The van der Waals surface area contributed by atoms with E-state index in [1.165, 1.54) is 19.3 Å². The zero-order chi connectivity index (χ0) is 13.0. The first kappa shape index (κ1) is 13.6. The Labute approximate surface area is 116 Å². The third-order valence-corrected chi connectivity index (χ3v) is 3.94. The summed E-state index contributed by atoms with van der Waals surface area (Å²) >= 11 is 3.36. The van der Waals surface area contributed by atoms with E-state index in [-0.39, 0.29) is 11.9 Å². The number of hydrogen-bond donors (Lipinski definition) is 1. The van der Waals surface area contributed by atoms with E-state index in [1.54, 1.807) is 10.9 Å². The van der Waals surface area contributed by atoms with Gasteiger partial charge in [0.05, 0.1) is 10.7 Å². The highest BCUT2D eigenvalue weighted by Gasteiger charge is 2.23. The molecule has 0 saturated heterocycles. The van der Waals surface area contributed by atoms with Crippen LogP contribution in [0.2, 0.25) is 0 Å². The van der Waals surface area contributed by atoms with Crippen LogP contribution in [-0.4, -0.2) is 21.7 Å². The van der Waals surface area contributed by atoms with Crippen LogP contribution in [0.3, 0.4) is 0 Å². The first-order valence-corrected chi connectivity index (χ1v) is 7.50. The third-order valence-electron chi connectivity index (χ3n) is 3.53. The molecule has 1 unspecified atom stereocenters. The Morgan fingerprint density at radius 1 is 1.56 bits per heavy atom. The molecule has 5 heteroatoms. The van der Waals surface area contributed by atoms with Gasteiger partial charge in [-0.2, -0.15) is 5.10 Å². The molecule has 1 aliphatic carbocycles. The normalized spacial score (nSPS) is 18.6. The second kappa shape index (κ2) is 6.36. The predicted octanol–water partition coefficient (Wildman–Crippen LogP) is 3.05. The number of rotatable bonds is 4. The largest absolute Gasteiger partial charge is 0.352 e. The summed E-state index contributed by atoms with van der Waals surface area (Å²) in [7, 11) is 0. The Morgan fingerprint density at radius 3 is 2.83 bits per heavy atom. The van der Waals surface area contributed by atoms with E-state index in [4.69, 9.17) is 0 Å². The van der Waals surface area contributed by atoms with Gasteiger partial charge in [-0.25, -0.2) is 0 Å². The third kappa shape index (κ3) is 3.34. The van der Waals surface area contributed by atoms with Crippen LogP contribution in [0.25, 0.3) is 0 Å². The summed E-state index contributed by atoms with van der Waals surface area (Å²) < 4.78 is 2.65. The lowest BCUT2D eigenvalue weighted by molar-refractivity contribution is -0.125. The number of nitrogens with zero attached hydrogens (tertiary/aromatic N) is 2. The molecule has 1 atom stereocenters. The monoisotopic (exact) mass is 313 g/mol. The molecule has 1 aromatic rings. The fourth-order valence-corrected chi connectivity index (χ4v) is 2.82. The molecule has 2 rings (SSSR count). The molecule has 0 radical (unpaired) electrons. The van der Waals surface area contributed by atoms with Crippen molar-refractivity contribution in [1.29, 1.82) is 0 Å². The smallest absolute Gasteiger partial charge is 0.245 e. The number of halogens is 1. The topological polar surface area (TPSA) is 46.9 Å². The number of carbonyl (C=O) groups excluding carboxylic acids is 1. The van der Waals surface area contributed by atoms with Crippen molar-refractivity contribution in [3.63, 3.8) is 0 Å². The Hall–Kier alpha value is -0.840. The highest BCUT2D eigenvalue weighted by Crippen LogP contribution is 2.20. The first-order chi connectivity index (χ1) is 8.70. The van der Waals surface area contributed by atoms with E-state index >= 15 is 0 Å². The van der Waals surface area contributed by atoms with Crippen LogP contribution in [-0.2, 0) is 4.79 Å². The molecule has 1 saturated carbocycles. The average Bonchev–Trinajstić information content (AvgIpc) is 2.78. The van der Waals surface area contributed by atoms with E-state index in [9.17, 15) is 4.79 Å². The van der Waals surface area contributed by atoms with Crippen LogP contribution in [0, 0.1) is 0 Å². The van der Waals surface area contributed by atoms with Crippen LogP contribution in [0.4, 0.5) is 0 Å². The van der Waals surface area contributed by atoms with Crippen molar-refractivity contribution in [1.82, 2.24) is 15.1 Å². The molecule has 0 aliphatic heterocycles. The van der Waals surface area contributed by atoms with Crippen molar-refractivity contribution in [2.45, 2.75) is 57.5 Å². The molecule has 1 N–H and O–H groups in total. The summed E-state index contributed by atoms with van der Waals surface area (Å²) in [4.78, 5) is 12.3. The Bertz CT molecular complexity index is 399. The minimum Gasteiger partial charge on any atom is -0.352 e. The molecular weight excluding hydrogens is 294 g/mol. The maximum absolute atomic E-state index is 12.3.